The summed E-state index contributed by atoms with van der Waals surface area (Å²) in [6.07, 6.45) is 1.89. The third-order valence-electron chi connectivity index (χ3n) is 1.63. The van der Waals surface area contributed by atoms with Crippen molar-refractivity contribution in [2.45, 2.75) is 32.8 Å². The van der Waals surface area contributed by atoms with Crippen LogP contribution in [-0.4, -0.2) is 24.8 Å². The summed E-state index contributed by atoms with van der Waals surface area (Å²) < 4.78 is 0. The highest BCUT2D eigenvalue weighted by Gasteiger charge is 2.02. The van der Waals surface area contributed by atoms with E-state index in [0.29, 0.717) is 5.92 Å². The van der Waals surface area contributed by atoms with Crippen molar-refractivity contribution < 1.29 is 5.11 Å². The van der Waals surface area contributed by atoms with E-state index in [-0.39, 0.29) is 6.10 Å². The smallest absolute Gasteiger partial charge is 0.0512 e. The predicted octanol–water partition coefficient (Wildman–Crippen LogP) is 1.00. The second-order valence-corrected chi connectivity index (χ2v) is 3.09. The van der Waals surface area contributed by atoms with E-state index in [2.05, 4.69) is 12.2 Å². The zero-order valence-electron chi connectivity index (χ0n) is 7.22. The molecule has 0 fully saturated rings. The Kier molecular flexibility index (Phi) is 5.64. The summed E-state index contributed by atoms with van der Waals surface area (Å²) in [5.41, 5.74) is 0. The van der Waals surface area contributed by atoms with Gasteiger partial charge in [0.05, 0.1) is 6.10 Å². The molecule has 0 aromatic rings. The van der Waals surface area contributed by atoms with E-state index in [0.717, 1.165) is 19.4 Å². The van der Waals surface area contributed by atoms with E-state index in [4.69, 9.17) is 5.11 Å². The van der Waals surface area contributed by atoms with Crippen LogP contribution >= 0.6 is 0 Å². The van der Waals surface area contributed by atoms with Crippen molar-refractivity contribution in [3.05, 3.63) is 0 Å². The standard InChI is InChI=1S/C8H19NO/c1-7(6-9-3)4-5-8(2)10/h7-10H,4-6H2,1-3H3. The van der Waals surface area contributed by atoms with E-state index in [1.807, 2.05) is 14.0 Å². The fourth-order valence-corrected chi connectivity index (χ4v) is 0.976. The second kappa shape index (κ2) is 5.69. The molecule has 0 aromatic carbocycles. The number of rotatable bonds is 5. The first kappa shape index (κ1) is 9.92. The lowest BCUT2D eigenvalue weighted by Gasteiger charge is -2.10. The molecule has 0 heterocycles. The van der Waals surface area contributed by atoms with Gasteiger partial charge in [0, 0.05) is 0 Å². The first-order chi connectivity index (χ1) is 4.66. The molecule has 62 valence electrons. The Bertz CT molecular complexity index is 73.7. The molecule has 2 atom stereocenters. The zero-order chi connectivity index (χ0) is 7.98. The minimum atomic E-state index is -0.140. The molecule has 0 aromatic heterocycles. The van der Waals surface area contributed by atoms with E-state index in [9.17, 15) is 0 Å². The summed E-state index contributed by atoms with van der Waals surface area (Å²) in [5.74, 6) is 0.680. The third kappa shape index (κ3) is 6.05. The van der Waals surface area contributed by atoms with Crippen LogP contribution < -0.4 is 5.32 Å². The summed E-state index contributed by atoms with van der Waals surface area (Å²) in [5, 5.41) is 12.1. The zero-order valence-corrected chi connectivity index (χ0v) is 7.22. The summed E-state index contributed by atoms with van der Waals surface area (Å²) in [6.45, 7) is 5.08. The fourth-order valence-electron chi connectivity index (χ4n) is 0.976. The van der Waals surface area contributed by atoms with Gasteiger partial charge in [0.15, 0.2) is 0 Å². The van der Waals surface area contributed by atoms with Crippen molar-refractivity contribution in [2.75, 3.05) is 13.6 Å². The number of aliphatic hydroxyl groups excluding tert-OH is 1. The molecule has 0 spiro atoms. The van der Waals surface area contributed by atoms with Crippen LogP contribution in [0.5, 0.6) is 0 Å². The monoisotopic (exact) mass is 145 g/mol. The predicted molar refractivity (Wildman–Crippen MR) is 44.0 cm³/mol. The fraction of sp³-hybridized carbons (Fsp3) is 1.00. The molecule has 0 aliphatic carbocycles. The lowest BCUT2D eigenvalue weighted by molar-refractivity contribution is 0.174. The second-order valence-electron chi connectivity index (χ2n) is 3.09. The molecule has 0 amide bonds. The normalized spacial score (nSPS) is 16.8. The number of nitrogens with one attached hydrogen (secondary N) is 1. The van der Waals surface area contributed by atoms with Gasteiger partial charge in [-0.2, -0.15) is 0 Å². The van der Waals surface area contributed by atoms with Gasteiger partial charge in [0.25, 0.3) is 0 Å². The topological polar surface area (TPSA) is 32.3 Å². The Balaban J connectivity index is 3.12. The molecule has 0 aliphatic heterocycles. The van der Waals surface area contributed by atoms with Gasteiger partial charge in [-0.1, -0.05) is 6.92 Å². The summed E-state index contributed by atoms with van der Waals surface area (Å²) >= 11 is 0. The maximum Gasteiger partial charge on any atom is 0.0512 e. The third-order valence-corrected chi connectivity index (χ3v) is 1.63. The van der Waals surface area contributed by atoms with Gasteiger partial charge in [-0.15, -0.1) is 0 Å². The number of hydrogen-bond donors (Lipinski definition) is 2. The van der Waals surface area contributed by atoms with Crippen LogP contribution in [0.2, 0.25) is 0 Å². The van der Waals surface area contributed by atoms with Gasteiger partial charge in [0.1, 0.15) is 0 Å². The maximum atomic E-state index is 8.95. The van der Waals surface area contributed by atoms with Gasteiger partial charge in [-0.3, -0.25) is 0 Å². The van der Waals surface area contributed by atoms with Gasteiger partial charge < -0.3 is 10.4 Å². The van der Waals surface area contributed by atoms with E-state index in [1.165, 1.54) is 0 Å². The SMILES string of the molecule is CNCC(C)CCC(C)O. The minimum absolute atomic E-state index is 0.140. The lowest BCUT2D eigenvalue weighted by Crippen LogP contribution is -2.17. The molecule has 2 heteroatoms. The van der Waals surface area contributed by atoms with E-state index in [1.54, 1.807) is 0 Å². The average Bonchev–Trinajstić information content (AvgIpc) is 1.85. The Morgan fingerprint density at radius 1 is 1.30 bits per heavy atom. The molecule has 2 unspecified atom stereocenters. The quantitative estimate of drug-likeness (QED) is 0.605. The maximum absolute atomic E-state index is 8.95. The molecule has 2 N–H and O–H groups in total. The highest BCUT2D eigenvalue weighted by Crippen LogP contribution is 2.05. The van der Waals surface area contributed by atoms with Crippen LogP contribution in [0.15, 0.2) is 0 Å². The number of hydrogen-bond acceptors (Lipinski definition) is 2. The Labute approximate surface area is 63.6 Å². The lowest BCUT2D eigenvalue weighted by atomic mass is 10.0. The van der Waals surface area contributed by atoms with Crippen LogP contribution in [0.1, 0.15) is 26.7 Å². The first-order valence-electron chi connectivity index (χ1n) is 3.99. The average molecular weight is 145 g/mol. The summed E-state index contributed by atoms with van der Waals surface area (Å²) in [4.78, 5) is 0. The molecule has 0 saturated heterocycles. The molecular formula is C8H19NO. The largest absolute Gasteiger partial charge is 0.393 e. The van der Waals surface area contributed by atoms with Crippen molar-refractivity contribution in [3.8, 4) is 0 Å². The minimum Gasteiger partial charge on any atom is -0.393 e. The van der Waals surface area contributed by atoms with Crippen LogP contribution in [0.3, 0.4) is 0 Å². The molecule has 0 saturated carbocycles. The molecule has 0 bridgehead atoms. The highest BCUT2D eigenvalue weighted by molar-refractivity contribution is 4.57. The van der Waals surface area contributed by atoms with Crippen molar-refractivity contribution in [1.29, 1.82) is 0 Å². The summed E-state index contributed by atoms with van der Waals surface area (Å²) in [7, 11) is 1.96. The molecule has 0 radical (unpaired) electrons. The van der Waals surface area contributed by atoms with Crippen molar-refractivity contribution in [1.82, 2.24) is 5.32 Å². The van der Waals surface area contributed by atoms with E-state index < -0.39 is 0 Å². The van der Waals surface area contributed by atoms with Crippen LogP contribution in [0.4, 0.5) is 0 Å². The van der Waals surface area contributed by atoms with Crippen LogP contribution in [-0.2, 0) is 0 Å². The Morgan fingerprint density at radius 2 is 1.90 bits per heavy atom. The highest BCUT2D eigenvalue weighted by atomic mass is 16.3. The van der Waals surface area contributed by atoms with Gasteiger partial charge in [0.2, 0.25) is 0 Å². The Hall–Kier alpha value is -0.0800. The van der Waals surface area contributed by atoms with Crippen molar-refractivity contribution in [2.24, 2.45) is 5.92 Å². The number of aliphatic hydroxyl groups is 1. The molecular weight excluding hydrogens is 126 g/mol. The molecule has 10 heavy (non-hydrogen) atoms. The summed E-state index contributed by atoms with van der Waals surface area (Å²) in [6, 6.07) is 0. The van der Waals surface area contributed by atoms with Crippen LogP contribution in [0, 0.1) is 5.92 Å². The molecule has 2 nitrogen and oxygen atoms in total. The molecule has 0 rings (SSSR count). The van der Waals surface area contributed by atoms with Gasteiger partial charge in [-0.05, 0) is 39.3 Å². The Morgan fingerprint density at radius 3 is 2.30 bits per heavy atom. The van der Waals surface area contributed by atoms with Gasteiger partial charge >= 0.3 is 0 Å². The van der Waals surface area contributed by atoms with Gasteiger partial charge in [-0.25, -0.2) is 0 Å². The first-order valence-corrected chi connectivity index (χ1v) is 3.99. The van der Waals surface area contributed by atoms with Crippen molar-refractivity contribution in [3.63, 3.8) is 0 Å². The molecule has 0 aliphatic rings. The van der Waals surface area contributed by atoms with E-state index >= 15 is 0 Å². The van der Waals surface area contributed by atoms with Crippen LogP contribution in [0.25, 0.3) is 0 Å². The van der Waals surface area contributed by atoms with Crippen molar-refractivity contribution >= 4 is 0 Å².